The van der Waals surface area contributed by atoms with Gasteiger partial charge in [0.2, 0.25) is 5.39 Å². The predicted octanol–water partition coefficient (Wildman–Crippen LogP) is 5.79. The maximum absolute atomic E-state index is 9.45. The van der Waals surface area contributed by atoms with E-state index in [9.17, 15) is 5.39 Å². The summed E-state index contributed by atoms with van der Waals surface area (Å²) in [4.78, 5) is 3.46. The Bertz CT molecular complexity index is 657. The number of rotatable bonds is 7. The van der Waals surface area contributed by atoms with Crippen LogP contribution in [-0.2, 0) is 0 Å². The molecule has 0 bridgehead atoms. The first-order chi connectivity index (χ1) is 10.7. The first-order valence-corrected chi connectivity index (χ1v) is 8.37. The average molecular weight is 317 g/mol. The van der Waals surface area contributed by atoms with Gasteiger partial charge in [0.15, 0.2) is 10.0 Å². The highest BCUT2D eigenvalue weighted by Crippen LogP contribution is 2.52. The molecule has 116 valence electrons. The Kier molecular flexibility index (Phi) is 5.79. The number of hydrogen-bond donors (Lipinski definition) is 0. The molecule has 0 unspecified atom stereocenters. The summed E-state index contributed by atoms with van der Waals surface area (Å²) in [5.74, 6) is 0. The van der Waals surface area contributed by atoms with Gasteiger partial charge >= 0.3 is 5.69 Å². The monoisotopic (exact) mass is 317 g/mol. The number of ether oxygens (including phenoxy) is 2. The lowest BCUT2D eigenvalue weighted by Crippen LogP contribution is -1.94. The number of benzene rings is 1. The summed E-state index contributed by atoms with van der Waals surface area (Å²) >= 11 is 1.39. The molecular weight excluding hydrogens is 296 g/mol. The van der Waals surface area contributed by atoms with Crippen molar-refractivity contribution in [2.75, 3.05) is 13.2 Å². The zero-order valence-corrected chi connectivity index (χ0v) is 14.1. The van der Waals surface area contributed by atoms with Gasteiger partial charge in [0.1, 0.15) is 5.56 Å². The Morgan fingerprint density at radius 1 is 1.00 bits per heavy atom. The minimum Gasteiger partial charge on any atom is -0.483 e. The standard InChI is InChI=1S/C17H21N2O2S/c1-4-10-20-16-14(13-8-6-12(3)7-9-13)15(19-18)17(22-16)21-11-5-2/h6-9H,4-5,10-11H2,1-3H3/q+1. The predicted molar refractivity (Wildman–Crippen MR) is 90.8 cm³/mol. The van der Waals surface area contributed by atoms with E-state index in [0.717, 1.165) is 29.0 Å². The van der Waals surface area contributed by atoms with E-state index < -0.39 is 0 Å². The molecule has 0 amide bonds. The highest BCUT2D eigenvalue weighted by atomic mass is 32.1. The summed E-state index contributed by atoms with van der Waals surface area (Å²) in [7, 11) is 0. The van der Waals surface area contributed by atoms with Crippen LogP contribution in [0.1, 0.15) is 32.3 Å². The zero-order chi connectivity index (χ0) is 15.9. The summed E-state index contributed by atoms with van der Waals surface area (Å²) < 4.78 is 11.5. The maximum Gasteiger partial charge on any atom is 0.449 e. The van der Waals surface area contributed by atoms with Crippen LogP contribution in [0.3, 0.4) is 0 Å². The summed E-state index contributed by atoms with van der Waals surface area (Å²) in [6.07, 6.45) is 1.82. The van der Waals surface area contributed by atoms with E-state index in [4.69, 9.17) is 9.47 Å². The Labute approximate surface area is 135 Å². The third-order valence-electron chi connectivity index (χ3n) is 3.13. The highest BCUT2D eigenvalue weighted by molar-refractivity contribution is 7.17. The van der Waals surface area contributed by atoms with E-state index in [2.05, 4.69) is 11.9 Å². The van der Waals surface area contributed by atoms with Crippen molar-refractivity contribution in [3.63, 3.8) is 0 Å². The van der Waals surface area contributed by atoms with Crippen molar-refractivity contribution in [3.8, 4) is 21.3 Å². The number of diazo groups is 1. The molecule has 2 aromatic rings. The second kappa shape index (κ2) is 7.81. The van der Waals surface area contributed by atoms with Gasteiger partial charge in [-0.05, 0) is 25.3 Å². The lowest BCUT2D eigenvalue weighted by Gasteiger charge is -2.04. The van der Waals surface area contributed by atoms with Gasteiger partial charge < -0.3 is 9.47 Å². The first kappa shape index (κ1) is 16.3. The van der Waals surface area contributed by atoms with Crippen LogP contribution in [0, 0.1) is 12.3 Å². The zero-order valence-electron chi connectivity index (χ0n) is 13.3. The number of nitrogens with zero attached hydrogens (tertiary/aromatic N) is 2. The van der Waals surface area contributed by atoms with Crippen LogP contribution >= 0.6 is 11.3 Å². The normalized spacial score (nSPS) is 10.3. The summed E-state index contributed by atoms with van der Waals surface area (Å²) in [5.41, 5.74) is 3.40. The van der Waals surface area contributed by atoms with Gasteiger partial charge in [-0.1, -0.05) is 55.0 Å². The fourth-order valence-electron chi connectivity index (χ4n) is 2.04. The SMILES string of the molecule is CCCOc1sc(OCCC)c(-c2ccc(C)cc2)c1[N+]#N. The number of aryl methyl sites for hydroxylation is 1. The van der Waals surface area contributed by atoms with E-state index in [1.807, 2.05) is 38.1 Å². The van der Waals surface area contributed by atoms with Crippen LogP contribution in [0.2, 0.25) is 0 Å². The minimum absolute atomic E-state index is 0.452. The van der Waals surface area contributed by atoms with E-state index in [1.54, 1.807) is 0 Å². The van der Waals surface area contributed by atoms with Crippen molar-refractivity contribution < 1.29 is 9.47 Å². The second-order valence-electron chi connectivity index (χ2n) is 5.06. The molecule has 0 spiro atoms. The van der Waals surface area contributed by atoms with Crippen molar-refractivity contribution in [2.24, 2.45) is 0 Å². The van der Waals surface area contributed by atoms with E-state index in [1.165, 1.54) is 16.9 Å². The molecule has 1 aromatic heterocycles. The third-order valence-corrected chi connectivity index (χ3v) is 4.14. The summed E-state index contributed by atoms with van der Waals surface area (Å²) in [6.45, 7) is 7.35. The smallest absolute Gasteiger partial charge is 0.449 e. The second-order valence-corrected chi connectivity index (χ2v) is 6.01. The molecule has 0 N–H and O–H groups in total. The lowest BCUT2D eigenvalue weighted by molar-refractivity contribution is 0.325. The average Bonchev–Trinajstić information content (AvgIpc) is 2.89. The lowest BCUT2D eigenvalue weighted by atomic mass is 10.1. The molecule has 0 aliphatic heterocycles. The van der Waals surface area contributed by atoms with Gasteiger partial charge in [0, 0.05) is 0 Å². The Morgan fingerprint density at radius 2 is 1.59 bits per heavy atom. The van der Waals surface area contributed by atoms with Gasteiger partial charge in [-0.25, -0.2) is 0 Å². The molecule has 2 rings (SSSR count). The molecule has 0 atom stereocenters. The number of thiophene rings is 1. The molecule has 0 saturated carbocycles. The van der Waals surface area contributed by atoms with Gasteiger partial charge in [-0.3, -0.25) is 0 Å². The molecule has 1 aromatic carbocycles. The third kappa shape index (κ3) is 3.58. The molecule has 4 nitrogen and oxygen atoms in total. The first-order valence-electron chi connectivity index (χ1n) is 7.55. The Hall–Kier alpha value is -2.06. The Balaban J connectivity index is 2.49. The molecule has 0 saturated heterocycles. The van der Waals surface area contributed by atoms with E-state index in [-0.39, 0.29) is 0 Å². The van der Waals surface area contributed by atoms with Crippen LogP contribution in [0.4, 0.5) is 5.69 Å². The Morgan fingerprint density at radius 3 is 2.14 bits per heavy atom. The van der Waals surface area contributed by atoms with E-state index in [0.29, 0.717) is 24.0 Å². The maximum atomic E-state index is 9.45. The van der Waals surface area contributed by atoms with Crippen molar-refractivity contribution in [2.45, 2.75) is 33.6 Å². The topological polar surface area (TPSA) is 46.6 Å². The van der Waals surface area contributed by atoms with E-state index >= 15 is 0 Å². The van der Waals surface area contributed by atoms with Crippen LogP contribution in [0.15, 0.2) is 24.3 Å². The summed E-state index contributed by atoms with van der Waals surface area (Å²) in [6, 6.07) is 8.08. The van der Waals surface area contributed by atoms with Crippen molar-refractivity contribution in [1.82, 2.24) is 0 Å². The molecule has 0 fully saturated rings. The number of hydrogen-bond acceptors (Lipinski definition) is 4. The van der Waals surface area contributed by atoms with Crippen molar-refractivity contribution >= 4 is 17.0 Å². The highest BCUT2D eigenvalue weighted by Gasteiger charge is 2.32. The largest absolute Gasteiger partial charge is 0.483 e. The van der Waals surface area contributed by atoms with Crippen LogP contribution in [0.25, 0.3) is 16.1 Å². The minimum atomic E-state index is 0.452. The molecule has 0 aliphatic carbocycles. The van der Waals surface area contributed by atoms with Crippen LogP contribution in [-0.4, -0.2) is 13.2 Å². The fraction of sp³-hybridized carbons (Fsp3) is 0.412. The van der Waals surface area contributed by atoms with Crippen molar-refractivity contribution in [1.29, 1.82) is 5.39 Å². The van der Waals surface area contributed by atoms with Gasteiger partial charge in [0.05, 0.1) is 13.2 Å². The molecule has 22 heavy (non-hydrogen) atoms. The van der Waals surface area contributed by atoms with Gasteiger partial charge in [0.25, 0.3) is 5.06 Å². The molecule has 0 radical (unpaired) electrons. The van der Waals surface area contributed by atoms with Crippen LogP contribution in [0.5, 0.6) is 10.1 Å². The molecule has 5 heteroatoms. The van der Waals surface area contributed by atoms with Gasteiger partial charge in [-0.15, -0.1) is 0 Å². The van der Waals surface area contributed by atoms with Crippen LogP contribution < -0.4 is 9.47 Å². The molecular formula is C17H21N2O2S+. The van der Waals surface area contributed by atoms with Gasteiger partial charge in [-0.2, -0.15) is 0 Å². The molecule has 0 aliphatic rings. The quantitative estimate of drug-likeness (QED) is 0.607. The fourth-order valence-corrected chi connectivity index (χ4v) is 3.05. The summed E-state index contributed by atoms with van der Waals surface area (Å²) in [5, 5.41) is 10.8. The molecule has 1 heterocycles. The van der Waals surface area contributed by atoms with Crippen molar-refractivity contribution in [3.05, 3.63) is 34.8 Å².